The minimum absolute atomic E-state index is 0. The Kier molecular flexibility index (Phi) is 7.64. The second kappa shape index (κ2) is 8.97. The van der Waals surface area contributed by atoms with Gasteiger partial charge < -0.3 is 20.5 Å². The normalized spacial score (nSPS) is 15.4. The van der Waals surface area contributed by atoms with E-state index in [0.29, 0.717) is 36.2 Å². The number of nitrogens with two attached hydrogens (primary N) is 1. The highest BCUT2D eigenvalue weighted by Crippen LogP contribution is 2.31. The summed E-state index contributed by atoms with van der Waals surface area (Å²) >= 11 is 0. The molecule has 0 fully saturated rings. The molecule has 0 aliphatic carbocycles. The van der Waals surface area contributed by atoms with Crippen LogP contribution in [0.5, 0.6) is 11.5 Å². The van der Waals surface area contributed by atoms with Gasteiger partial charge in [-0.3, -0.25) is 9.00 Å². The van der Waals surface area contributed by atoms with Crippen molar-refractivity contribution < 1.29 is 18.5 Å². The summed E-state index contributed by atoms with van der Waals surface area (Å²) in [6, 6.07) is 5.13. The molecule has 1 unspecified atom stereocenters. The zero-order chi connectivity index (χ0) is 15.2. The summed E-state index contributed by atoms with van der Waals surface area (Å²) < 4.78 is 23.1. The molecular weight excluding hydrogens is 328 g/mol. The van der Waals surface area contributed by atoms with E-state index in [0.717, 1.165) is 0 Å². The molecule has 1 heterocycles. The lowest BCUT2D eigenvalue weighted by Crippen LogP contribution is -2.38. The molecule has 124 valence electrons. The summed E-state index contributed by atoms with van der Waals surface area (Å²) in [5.41, 5.74) is 5.43. The number of ether oxygens (including phenoxy) is 2. The maximum Gasteiger partial charge on any atom is 0.221 e. The summed E-state index contributed by atoms with van der Waals surface area (Å²) in [5.74, 6) is 1.40. The van der Waals surface area contributed by atoms with E-state index in [1.807, 2.05) is 6.92 Å². The Morgan fingerprint density at radius 2 is 2.05 bits per heavy atom. The second-order valence-corrected chi connectivity index (χ2v) is 6.38. The number of carbonyl (C=O) groups is 1. The lowest BCUT2D eigenvalue weighted by atomic mass is 10.3. The molecule has 2 rings (SSSR count). The number of hydrogen-bond acceptors (Lipinski definition) is 5. The predicted octanol–water partition coefficient (Wildman–Crippen LogP) is 0.841. The molecule has 1 aromatic carbocycles. The van der Waals surface area contributed by atoms with E-state index in [4.69, 9.17) is 15.2 Å². The molecule has 0 saturated heterocycles. The quantitative estimate of drug-likeness (QED) is 0.795. The van der Waals surface area contributed by atoms with Crippen LogP contribution in [-0.2, 0) is 15.6 Å². The van der Waals surface area contributed by atoms with Crippen molar-refractivity contribution in [1.29, 1.82) is 0 Å². The predicted molar refractivity (Wildman–Crippen MR) is 87.2 cm³/mol. The van der Waals surface area contributed by atoms with Gasteiger partial charge in [0.2, 0.25) is 5.91 Å². The highest BCUT2D eigenvalue weighted by atomic mass is 35.5. The van der Waals surface area contributed by atoms with Gasteiger partial charge in [0.1, 0.15) is 13.2 Å². The Balaban J connectivity index is 0.00000242. The molecule has 0 aromatic heterocycles. The summed E-state index contributed by atoms with van der Waals surface area (Å²) in [4.78, 5) is 12.3. The van der Waals surface area contributed by atoms with E-state index >= 15 is 0 Å². The molecule has 0 spiro atoms. The molecule has 1 amide bonds. The largest absolute Gasteiger partial charge is 0.486 e. The second-order valence-electron chi connectivity index (χ2n) is 4.81. The smallest absolute Gasteiger partial charge is 0.221 e. The third-order valence-electron chi connectivity index (χ3n) is 3.05. The molecule has 6 nitrogen and oxygen atoms in total. The fourth-order valence-electron chi connectivity index (χ4n) is 1.87. The van der Waals surface area contributed by atoms with E-state index in [9.17, 15) is 9.00 Å². The fourth-order valence-corrected chi connectivity index (χ4v) is 2.94. The van der Waals surface area contributed by atoms with Crippen LogP contribution in [0.1, 0.15) is 13.3 Å². The first-order valence-corrected chi connectivity index (χ1v) is 8.19. The average molecular weight is 349 g/mol. The topological polar surface area (TPSA) is 90.7 Å². The first kappa shape index (κ1) is 18.7. The van der Waals surface area contributed by atoms with Gasteiger partial charge in [0.25, 0.3) is 0 Å². The van der Waals surface area contributed by atoms with Crippen LogP contribution in [0.15, 0.2) is 23.1 Å². The molecule has 0 saturated carbocycles. The van der Waals surface area contributed by atoms with Gasteiger partial charge in [-0.1, -0.05) is 0 Å². The highest BCUT2D eigenvalue weighted by Gasteiger charge is 2.15. The summed E-state index contributed by atoms with van der Waals surface area (Å²) in [7, 11) is -1.25. The summed E-state index contributed by atoms with van der Waals surface area (Å²) in [6.07, 6.45) is 0.200. The molecule has 1 aromatic rings. The Bertz CT molecular complexity index is 542. The number of rotatable bonds is 6. The number of carbonyl (C=O) groups excluding carboxylic acids is 1. The summed E-state index contributed by atoms with van der Waals surface area (Å²) in [5, 5.41) is 2.74. The third-order valence-corrected chi connectivity index (χ3v) is 4.41. The molecule has 22 heavy (non-hydrogen) atoms. The lowest BCUT2D eigenvalue weighted by Gasteiger charge is -2.18. The van der Waals surface area contributed by atoms with Crippen LogP contribution in [0.4, 0.5) is 0 Å². The molecule has 0 bridgehead atoms. The molecular formula is C14H21ClN2O4S. The van der Waals surface area contributed by atoms with Crippen molar-refractivity contribution >= 4 is 29.1 Å². The van der Waals surface area contributed by atoms with E-state index in [2.05, 4.69) is 5.32 Å². The van der Waals surface area contributed by atoms with Crippen LogP contribution in [0.3, 0.4) is 0 Å². The van der Waals surface area contributed by atoms with Gasteiger partial charge in [-0.05, 0) is 19.1 Å². The minimum atomic E-state index is -1.25. The van der Waals surface area contributed by atoms with Crippen molar-refractivity contribution in [2.24, 2.45) is 5.73 Å². The van der Waals surface area contributed by atoms with Crippen molar-refractivity contribution in [3.05, 3.63) is 18.2 Å². The summed E-state index contributed by atoms with van der Waals surface area (Å²) in [6.45, 7) is 3.23. The van der Waals surface area contributed by atoms with Crippen molar-refractivity contribution in [3.63, 3.8) is 0 Å². The van der Waals surface area contributed by atoms with Gasteiger partial charge in [-0.2, -0.15) is 0 Å². The first-order chi connectivity index (χ1) is 10.1. The Labute approximate surface area is 138 Å². The van der Waals surface area contributed by atoms with Gasteiger partial charge in [0.05, 0.1) is 10.8 Å². The van der Waals surface area contributed by atoms with Crippen molar-refractivity contribution in [3.8, 4) is 11.5 Å². The maximum atomic E-state index is 12.2. The minimum Gasteiger partial charge on any atom is -0.486 e. The molecule has 1 aliphatic heterocycles. The highest BCUT2D eigenvalue weighted by molar-refractivity contribution is 7.85. The maximum absolute atomic E-state index is 12.2. The first-order valence-electron chi connectivity index (χ1n) is 6.87. The third kappa shape index (κ3) is 5.15. The lowest BCUT2D eigenvalue weighted by molar-refractivity contribution is -0.121. The zero-order valence-electron chi connectivity index (χ0n) is 12.4. The number of nitrogens with one attached hydrogen (secondary N) is 1. The molecule has 2 atom stereocenters. The van der Waals surface area contributed by atoms with Crippen molar-refractivity contribution in [2.45, 2.75) is 24.3 Å². The van der Waals surface area contributed by atoms with Crippen LogP contribution in [0.25, 0.3) is 0 Å². The van der Waals surface area contributed by atoms with E-state index < -0.39 is 10.8 Å². The van der Waals surface area contributed by atoms with Crippen LogP contribution >= 0.6 is 12.4 Å². The molecule has 0 radical (unpaired) electrons. The average Bonchev–Trinajstić information content (AvgIpc) is 2.51. The van der Waals surface area contributed by atoms with E-state index in [1.165, 1.54) is 0 Å². The van der Waals surface area contributed by atoms with Gasteiger partial charge in [-0.15, -0.1) is 12.4 Å². The molecule has 1 aliphatic rings. The number of hydrogen-bond donors (Lipinski definition) is 2. The SMILES string of the molecule is C[C@@H](CN)NC(=O)CCS(=O)c1ccc2c(c1)OCCO2.Cl. The van der Waals surface area contributed by atoms with Crippen LogP contribution in [0.2, 0.25) is 0 Å². The van der Waals surface area contributed by atoms with Crippen LogP contribution in [0, 0.1) is 0 Å². The van der Waals surface area contributed by atoms with Crippen LogP contribution in [-0.4, -0.2) is 41.7 Å². The van der Waals surface area contributed by atoms with Gasteiger partial charge in [0, 0.05) is 35.7 Å². The van der Waals surface area contributed by atoms with E-state index in [-0.39, 0.29) is 36.5 Å². The number of halogens is 1. The standard InChI is InChI=1S/C14H20N2O4S.ClH/c1-10(9-15)16-14(17)4-7-21(18)11-2-3-12-13(8-11)20-6-5-19-12;/h2-3,8,10H,4-7,9,15H2,1H3,(H,16,17);1H/t10-,21?;/m0./s1. The van der Waals surface area contributed by atoms with Crippen molar-refractivity contribution in [1.82, 2.24) is 5.32 Å². The zero-order valence-corrected chi connectivity index (χ0v) is 14.0. The molecule has 3 N–H and O–H groups in total. The van der Waals surface area contributed by atoms with Gasteiger partial charge in [0.15, 0.2) is 11.5 Å². The van der Waals surface area contributed by atoms with Gasteiger partial charge in [-0.25, -0.2) is 0 Å². The van der Waals surface area contributed by atoms with E-state index in [1.54, 1.807) is 18.2 Å². The monoisotopic (exact) mass is 348 g/mol. The fraction of sp³-hybridized carbons (Fsp3) is 0.500. The Morgan fingerprint density at radius 3 is 2.73 bits per heavy atom. The van der Waals surface area contributed by atoms with Crippen molar-refractivity contribution in [2.75, 3.05) is 25.5 Å². The van der Waals surface area contributed by atoms with Crippen LogP contribution < -0.4 is 20.5 Å². The van der Waals surface area contributed by atoms with Gasteiger partial charge >= 0.3 is 0 Å². The Morgan fingerprint density at radius 1 is 1.36 bits per heavy atom. The number of fused-ring (bicyclic) bond motifs is 1. The molecule has 8 heteroatoms. The number of amides is 1. The number of benzene rings is 1. The Hall–Kier alpha value is -1.31.